The summed E-state index contributed by atoms with van der Waals surface area (Å²) < 4.78 is 5.56. The van der Waals surface area contributed by atoms with Gasteiger partial charge >= 0.3 is 0 Å². The van der Waals surface area contributed by atoms with Gasteiger partial charge in [0.25, 0.3) is 5.91 Å². The van der Waals surface area contributed by atoms with Crippen molar-refractivity contribution in [1.82, 2.24) is 10.2 Å². The predicted molar refractivity (Wildman–Crippen MR) is 85.9 cm³/mol. The zero-order valence-electron chi connectivity index (χ0n) is 12.9. The molecule has 5 heteroatoms. The van der Waals surface area contributed by atoms with Crippen LogP contribution in [0.15, 0.2) is 24.3 Å². The quantitative estimate of drug-likeness (QED) is 0.905. The fraction of sp³-hybridized carbons (Fsp3) is 0.444. The van der Waals surface area contributed by atoms with Crippen molar-refractivity contribution in [3.05, 3.63) is 35.4 Å². The zero-order valence-corrected chi connectivity index (χ0v) is 12.9. The first-order valence-corrected chi connectivity index (χ1v) is 8.13. The molecule has 2 saturated heterocycles. The molecule has 3 heterocycles. The average Bonchev–Trinajstić information content (AvgIpc) is 2.92. The molecular formula is C18H19N3O2. The molecule has 3 atom stereocenters. The summed E-state index contributed by atoms with van der Waals surface area (Å²) in [5.74, 6) is 1.28. The Bertz CT molecular complexity index is 707. The van der Waals surface area contributed by atoms with Crippen LogP contribution in [0, 0.1) is 17.2 Å². The number of rotatable bonds is 2. The SMILES string of the molecule is N#CC1=CCOc2cc(C(=O)N[C@@H]3C[C@@H]4CCN(C4)C3)ccc21. The normalized spacial score (nSPS) is 28.1. The molecule has 1 N–H and O–H groups in total. The Balaban J connectivity index is 1.49. The number of fused-ring (bicyclic) bond motifs is 3. The predicted octanol–water partition coefficient (Wildman–Crippen LogP) is 1.81. The molecule has 1 aromatic rings. The van der Waals surface area contributed by atoms with Crippen LogP contribution in [0.3, 0.4) is 0 Å². The number of benzene rings is 1. The number of ether oxygens (including phenoxy) is 1. The molecule has 4 rings (SSSR count). The van der Waals surface area contributed by atoms with Crippen molar-refractivity contribution in [2.24, 2.45) is 5.92 Å². The largest absolute Gasteiger partial charge is 0.489 e. The highest BCUT2D eigenvalue weighted by Gasteiger charge is 2.33. The van der Waals surface area contributed by atoms with E-state index in [1.165, 1.54) is 13.0 Å². The first kappa shape index (κ1) is 14.3. The van der Waals surface area contributed by atoms with Crippen LogP contribution in [0.4, 0.5) is 0 Å². The van der Waals surface area contributed by atoms with Crippen molar-refractivity contribution in [3.63, 3.8) is 0 Å². The van der Waals surface area contributed by atoms with Crippen LogP contribution in [0.5, 0.6) is 5.75 Å². The van der Waals surface area contributed by atoms with E-state index in [1.54, 1.807) is 24.3 Å². The lowest BCUT2D eigenvalue weighted by atomic mass is 9.96. The number of carbonyl (C=O) groups is 1. The van der Waals surface area contributed by atoms with Crippen LogP contribution < -0.4 is 10.1 Å². The summed E-state index contributed by atoms with van der Waals surface area (Å²) in [4.78, 5) is 14.9. The molecule has 1 amide bonds. The molecule has 5 nitrogen and oxygen atoms in total. The van der Waals surface area contributed by atoms with Crippen LogP contribution in [0.2, 0.25) is 0 Å². The van der Waals surface area contributed by atoms with Crippen molar-refractivity contribution in [3.8, 4) is 11.8 Å². The molecule has 3 aliphatic rings. The summed E-state index contributed by atoms with van der Waals surface area (Å²) in [6, 6.07) is 7.71. The second kappa shape index (κ2) is 5.71. The number of piperidine rings is 1. The Kier molecular flexibility index (Phi) is 3.55. The highest BCUT2D eigenvalue weighted by molar-refractivity contribution is 5.96. The topological polar surface area (TPSA) is 65.4 Å². The van der Waals surface area contributed by atoms with Gasteiger partial charge in [-0.1, -0.05) is 0 Å². The smallest absolute Gasteiger partial charge is 0.251 e. The molecule has 23 heavy (non-hydrogen) atoms. The third kappa shape index (κ3) is 2.71. The summed E-state index contributed by atoms with van der Waals surface area (Å²) in [7, 11) is 0. The minimum Gasteiger partial charge on any atom is -0.489 e. The molecule has 1 unspecified atom stereocenters. The molecule has 0 spiro atoms. The molecule has 0 aliphatic carbocycles. The van der Waals surface area contributed by atoms with Gasteiger partial charge < -0.3 is 15.0 Å². The van der Waals surface area contributed by atoms with E-state index < -0.39 is 0 Å². The number of hydrogen-bond donors (Lipinski definition) is 1. The Labute approximate surface area is 135 Å². The van der Waals surface area contributed by atoms with E-state index in [0.29, 0.717) is 23.5 Å². The molecule has 0 saturated carbocycles. The maximum Gasteiger partial charge on any atom is 0.251 e. The second-order valence-corrected chi connectivity index (χ2v) is 6.57. The maximum absolute atomic E-state index is 12.5. The Morgan fingerprint density at radius 2 is 2.30 bits per heavy atom. The summed E-state index contributed by atoms with van der Waals surface area (Å²) in [5, 5.41) is 12.3. The fourth-order valence-corrected chi connectivity index (χ4v) is 3.87. The molecule has 1 aromatic carbocycles. The Hall–Kier alpha value is -2.32. The Morgan fingerprint density at radius 1 is 1.39 bits per heavy atom. The van der Waals surface area contributed by atoms with Gasteiger partial charge in [0, 0.05) is 30.3 Å². The van der Waals surface area contributed by atoms with Gasteiger partial charge in [-0.3, -0.25) is 4.79 Å². The minimum atomic E-state index is -0.0584. The number of nitrogens with one attached hydrogen (secondary N) is 1. The lowest BCUT2D eigenvalue weighted by Gasteiger charge is -2.30. The molecule has 0 radical (unpaired) electrons. The monoisotopic (exact) mass is 309 g/mol. The Morgan fingerprint density at radius 3 is 3.13 bits per heavy atom. The average molecular weight is 309 g/mol. The van der Waals surface area contributed by atoms with Gasteiger partial charge in [-0.25, -0.2) is 0 Å². The summed E-state index contributed by atoms with van der Waals surface area (Å²) in [5.41, 5.74) is 1.96. The van der Waals surface area contributed by atoms with E-state index in [2.05, 4.69) is 16.3 Å². The summed E-state index contributed by atoms with van der Waals surface area (Å²) in [6.45, 7) is 3.67. The number of allylic oxidation sites excluding steroid dienone is 1. The lowest BCUT2D eigenvalue weighted by molar-refractivity contribution is 0.0909. The van der Waals surface area contributed by atoms with E-state index >= 15 is 0 Å². The lowest BCUT2D eigenvalue weighted by Crippen LogP contribution is -2.47. The number of amides is 1. The maximum atomic E-state index is 12.5. The van der Waals surface area contributed by atoms with E-state index in [0.717, 1.165) is 31.0 Å². The molecule has 2 fully saturated rings. The van der Waals surface area contributed by atoms with Gasteiger partial charge in [0.05, 0.1) is 11.6 Å². The second-order valence-electron chi connectivity index (χ2n) is 6.57. The van der Waals surface area contributed by atoms with Crippen molar-refractivity contribution >= 4 is 11.5 Å². The van der Waals surface area contributed by atoms with Gasteiger partial charge in [-0.15, -0.1) is 0 Å². The minimum absolute atomic E-state index is 0.0584. The van der Waals surface area contributed by atoms with E-state index in [-0.39, 0.29) is 11.9 Å². The van der Waals surface area contributed by atoms with Gasteiger partial charge in [0.2, 0.25) is 0 Å². The van der Waals surface area contributed by atoms with Crippen LogP contribution in [0.1, 0.15) is 28.8 Å². The number of nitriles is 1. The van der Waals surface area contributed by atoms with Gasteiger partial charge in [0.1, 0.15) is 12.4 Å². The standard InChI is InChI=1S/C18H19N3O2/c19-9-14-4-6-23-17-8-13(1-2-16(14)17)18(22)20-15-7-12-3-5-21(10-12)11-15/h1-2,4,8,12,15H,3,5-7,10-11H2,(H,20,22)/t12-,15+/m0/s1. The first-order chi connectivity index (χ1) is 11.2. The highest BCUT2D eigenvalue weighted by atomic mass is 16.5. The first-order valence-electron chi connectivity index (χ1n) is 8.13. The summed E-state index contributed by atoms with van der Waals surface area (Å²) in [6.07, 6.45) is 4.08. The van der Waals surface area contributed by atoms with Crippen molar-refractivity contribution < 1.29 is 9.53 Å². The number of carbonyl (C=O) groups excluding carboxylic acids is 1. The van der Waals surface area contributed by atoms with Crippen LogP contribution in [-0.4, -0.2) is 43.1 Å². The molecule has 3 aliphatic heterocycles. The van der Waals surface area contributed by atoms with Crippen LogP contribution in [0.25, 0.3) is 5.57 Å². The third-order valence-electron chi connectivity index (χ3n) is 4.98. The zero-order chi connectivity index (χ0) is 15.8. The van der Waals surface area contributed by atoms with Gasteiger partial charge in [-0.05, 0) is 49.6 Å². The third-order valence-corrected chi connectivity index (χ3v) is 4.98. The van der Waals surface area contributed by atoms with Crippen LogP contribution in [-0.2, 0) is 0 Å². The van der Waals surface area contributed by atoms with Crippen LogP contribution >= 0.6 is 0 Å². The van der Waals surface area contributed by atoms with Gasteiger partial charge in [-0.2, -0.15) is 5.26 Å². The molecular weight excluding hydrogens is 290 g/mol. The summed E-state index contributed by atoms with van der Waals surface area (Å²) >= 11 is 0. The van der Waals surface area contributed by atoms with Crippen molar-refractivity contribution in [2.45, 2.75) is 18.9 Å². The van der Waals surface area contributed by atoms with E-state index in [1.807, 2.05) is 0 Å². The van der Waals surface area contributed by atoms with E-state index in [9.17, 15) is 4.79 Å². The van der Waals surface area contributed by atoms with Crippen molar-refractivity contribution in [1.29, 1.82) is 5.26 Å². The fourth-order valence-electron chi connectivity index (χ4n) is 3.87. The number of nitrogens with zero attached hydrogens (tertiary/aromatic N) is 2. The molecule has 2 bridgehead atoms. The van der Waals surface area contributed by atoms with Crippen molar-refractivity contribution in [2.75, 3.05) is 26.2 Å². The van der Waals surface area contributed by atoms with Gasteiger partial charge in [0.15, 0.2) is 0 Å². The molecule has 118 valence electrons. The number of hydrogen-bond acceptors (Lipinski definition) is 4. The molecule has 0 aromatic heterocycles. The van der Waals surface area contributed by atoms with E-state index in [4.69, 9.17) is 10.00 Å². The highest BCUT2D eigenvalue weighted by Crippen LogP contribution is 2.31.